The van der Waals surface area contributed by atoms with Crippen molar-refractivity contribution >= 4 is 17.4 Å². The predicted octanol–water partition coefficient (Wildman–Crippen LogP) is 1.82. The van der Waals surface area contributed by atoms with Gasteiger partial charge >= 0.3 is 0 Å². The third-order valence-electron chi connectivity index (χ3n) is 5.57. The lowest BCUT2D eigenvalue weighted by atomic mass is 9.85. The molecule has 4 heterocycles. The first-order chi connectivity index (χ1) is 12.7. The lowest BCUT2D eigenvalue weighted by molar-refractivity contribution is 0.394. The Morgan fingerprint density at radius 3 is 2.69 bits per heavy atom. The summed E-state index contributed by atoms with van der Waals surface area (Å²) in [6.07, 6.45) is 5.48. The van der Waals surface area contributed by atoms with Crippen LogP contribution in [0.5, 0.6) is 0 Å². The molecule has 0 bridgehead atoms. The number of hydrogen-bond acceptors (Lipinski definition) is 7. The van der Waals surface area contributed by atoms with Crippen LogP contribution in [0.1, 0.15) is 36.7 Å². The zero-order chi connectivity index (χ0) is 17.7. The van der Waals surface area contributed by atoms with E-state index in [0.29, 0.717) is 12.0 Å². The second-order valence-electron chi connectivity index (χ2n) is 7.32. The highest BCUT2D eigenvalue weighted by Crippen LogP contribution is 2.35. The van der Waals surface area contributed by atoms with Crippen molar-refractivity contribution in [2.45, 2.75) is 38.1 Å². The van der Waals surface area contributed by atoms with E-state index in [4.69, 9.17) is 5.10 Å². The number of rotatable bonds is 4. The molecular formula is C18H22N8. The van der Waals surface area contributed by atoms with Crippen LogP contribution in [0.2, 0.25) is 0 Å². The molecule has 8 nitrogen and oxygen atoms in total. The maximum Gasteiger partial charge on any atom is 0.225 e. The fraction of sp³-hybridized carbons (Fsp3) is 0.500. The van der Waals surface area contributed by atoms with E-state index in [1.165, 1.54) is 19.3 Å². The van der Waals surface area contributed by atoms with Crippen LogP contribution in [-0.2, 0) is 0 Å². The van der Waals surface area contributed by atoms with Gasteiger partial charge in [-0.2, -0.15) is 4.52 Å². The van der Waals surface area contributed by atoms with E-state index in [9.17, 15) is 0 Å². The Hall–Kier alpha value is -2.77. The summed E-state index contributed by atoms with van der Waals surface area (Å²) in [5, 5.41) is 13.4. The zero-order valence-corrected chi connectivity index (χ0v) is 15.1. The molecule has 1 saturated carbocycles. The lowest BCUT2D eigenvalue weighted by Crippen LogP contribution is -2.59. The molecule has 2 aliphatic rings. The average molecular weight is 350 g/mol. The minimum absolute atomic E-state index is 0.390. The van der Waals surface area contributed by atoms with Crippen molar-refractivity contribution in [3.8, 4) is 0 Å². The number of nitrogens with zero attached hydrogens (tertiary/aromatic N) is 8. The van der Waals surface area contributed by atoms with Crippen molar-refractivity contribution in [2.75, 3.05) is 29.9 Å². The van der Waals surface area contributed by atoms with Gasteiger partial charge in [0.1, 0.15) is 5.82 Å². The van der Waals surface area contributed by atoms with Crippen LogP contribution in [-0.4, -0.2) is 56.0 Å². The van der Waals surface area contributed by atoms with Crippen LogP contribution in [0.3, 0.4) is 0 Å². The summed E-state index contributed by atoms with van der Waals surface area (Å²) in [4.78, 5) is 13.3. The molecule has 1 aliphatic heterocycles. The zero-order valence-electron chi connectivity index (χ0n) is 15.1. The molecule has 8 heteroatoms. The smallest absolute Gasteiger partial charge is 0.225 e. The largest absolute Gasteiger partial charge is 0.351 e. The molecule has 0 radical (unpaired) electrons. The van der Waals surface area contributed by atoms with Gasteiger partial charge in [0, 0.05) is 37.9 Å². The molecule has 26 heavy (non-hydrogen) atoms. The first-order valence-corrected chi connectivity index (χ1v) is 9.19. The van der Waals surface area contributed by atoms with Crippen LogP contribution < -0.4 is 9.80 Å². The fourth-order valence-electron chi connectivity index (χ4n) is 3.54. The predicted molar refractivity (Wildman–Crippen MR) is 98.5 cm³/mol. The maximum atomic E-state index is 4.81. The Kier molecular flexibility index (Phi) is 3.51. The molecule has 5 rings (SSSR count). The van der Waals surface area contributed by atoms with Crippen molar-refractivity contribution in [3.63, 3.8) is 0 Å². The van der Waals surface area contributed by atoms with Gasteiger partial charge in [-0.05, 0) is 38.0 Å². The molecule has 2 fully saturated rings. The molecule has 3 aromatic heterocycles. The van der Waals surface area contributed by atoms with Gasteiger partial charge in [0.25, 0.3) is 0 Å². The monoisotopic (exact) mass is 350 g/mol. The lowest BCUT2D eigenvalue weighted by Gasteiger charge is -2.44. The molecule has 1 saturated heterocycles. The standard InChI is InChI=1S/C18H22N8/c1-12-8-9-19-18(20-12)24(2)14-10-25(11-14)16-7-6-15-21-22-17(26(15)23-16)13-4-3-5-13/h6-9,13-14H,3-5,10-11H2,1-2H3. The minimum Gasteiger partial charge on any atom is -0.351 e. The molecule has 3 aromatic rings. The summed E-state index contributed by atoms with van der Waals surface area (Å²) < 4.78 is 1.93. The second kappa shape index (κ2) is 5.89. The number of likely N-dealkylation sites (N-methyl/N-ethyl adjacent to an activating group) is 1. The Morgan fingerprint density at radius 1 is 1.12 bits per heavy atom. The van der Waals surface area contributed by atoms with Gasteiger partial charge in [-0.3, -0.25) is 0 Å². The normalized spacial score (nSPS) is 18.0. The Bertz CT molecular complexity index is 941. The van der Waals surface area contributed by atoms with E-state index in [1.807, 2.05) is 35.8 Å². The van der Waals surface area contributed by atoms with Crippen molar-refractivity contribution in [1.29, 1.82) is 0 Å². The van der Waals surface area contributed by atoms with Crippen LogP contribution in [0, 0.1) is 6.92 Å². The van der Waals surface area contributed by atoms with Crippen LogP contribution >= 0.6 is 0 Å². The highest BCUT2D eigenvalue weighted by Gasteiger charge is 2.33. The van der Waals surface area contributed by atoms with Crippen molar-refractivity contribution < 1.29 is 0 Å². The van der Waals surface area contributed by atoms with E-state index >= 15 is 0 Å². The second-order valence-corrected chi connectivity index (χ2v) is 7.32. The maximum absolute atomic E-state index is 4.81. The van der Waals surface area contributed by atoms with Gasteiger partial charge in [0.15, 0.2) is 11.5 Å². The van der Waals surface area contributed by atoms with Crippen LogP contribution in [0.15, 0.2) is 24.4 Å². The molecule has 0 N–H and O–H groups in total. The molecule has 0 spiro atoms. The van der Waals surface area contributed by atoms with Gasteiger partial charge in [-0.25, -0.2) is 9.97 Å². The molecule has 0 amide bonds. The summed E-state index contributed by atoms with van der Waals surface area (Å²) in [5.41, 5.74) is 1.82. The number of hydrogen-bond donors (Lipinski definition) is 0. The van der Waals surface area contributed by atoms with Gasteiger partial charge in [0.2, 0.25) is 5.95 Å². The van der Waals surface area contributed by atoms with E-state index in [2.05, 4.69) is 37.0 Å². The first kappa shape index (κ1) is 15.5. The van der Waals surface area contributed by atoms with Gasteiger partial charge in [-0.1, -0.05) is 6.42 Å². The SMILES string of the molecule is Cc1ccnc(N(C)C2CN(c3ccc4nnc(C5CCC5)n4n3)C2)n1. The molecule has 0 atom stereocenters. The third-order valence-corrected chi connectivity index (χ3v) is 5.57. The van der Waals surface area contributed by atoms with Crippen molar-refractivity contribution in [2.24, 2.45) is 0 Å². The third kappa shape index (κ3) is 2.48. The molecule has 1 aliphatic carbocycles. The van der Waals surface area contributed by atoms with Crippen molar-refractivity contribution in [3.05, 3.63) is 35.9 Å². The molecule has 0 unspecified atom stereocenters. The molecule has 134 valence electrons. The summed E-state index contributed by atoms with van der Waals surface area (Å²) >= 11 is 0. The van der Waals surface area contributed by atoms with E-state index in [1.54, 1.807) is 0 Å². The summed E-state index contributed by atoms with van der Waals surface area (Å²) in [7, 11) is 2.06. The number of aromatic nitrogens is 6. The Balaban J connectivity index is 1.32. The van der Waals surface area contributed by atoms with Gasteiger partial charge in [0.05, 0.1) is 6.04 Å². The highest BCUT2D eigenvalue weighted by molar-refractivity contribution is 5.50. The van der Waals surface area contributed by atoms with Gasteiger partial charge in [-0.15, -0.1) is 15.3 Å². The van der Waals surface area contributed by atoms with Crippen molar-refractivity contribution in [1.82, 2.24) is 29.8 Å². The summed E-state index contributed by atoms with van der Waals surface area (Å²) in [6, 6.07) is 6.36. The fourth-order valence-corrected chi connectivity index (χ4v) is 3.54. The Morgan fingerprint density at radius 2 is 1.96 bits per heavy atom. The van der Waals surface area contributed by atoms with Gasteiger partial charge < -0.3 is 9.80 Å². The Labute approximate surface area is 151 Å². The first-order valence-electron chi connectivity index (χ1n) is 9.19. The molecular weight excluding hydrogens is 328 g/mol. The average Bonchev–Trinajstić information content (AvgIpc) is 2.95. The molecule has 0 aromatic carbocycles. The van der Waals surface area contributed by atoms with E-state index < -0.39 is 0 Å². The van der Waals surface area contributed by atoms with E-state index in [0.717, 1.165) is 42.0 Å². The summed E-state index contributed by atoms with van der Waals surface area (Å²) in [5.74, 6) is 3.29. The number of fused-ring (bicyclic) bond motifs is 1. The topological polar surface area (TPSA) is 75.3 Å². The number of anilines is 2. The highest BCUT2D eigenvalue weighted by atomic mass is 15.4. The summed E-state index contributed by atoms with van der Waals surface area (Å²) in [6.45, 7) is 3.81. The van der Waals surface area contributed by atoms with E-state index in [-0.39, 0.29) is 0 Å². The quantitative estimate of drug-likeness (QED) is 0.710. The number of aryl methyl sites for hydroxylation is 1. The minimum atomic E-state index is 0.390. The van der Waals surface area contributed by atoms with Crippen LogP contribution in [0.4, 0.5) is 11.8 Å². The van der Waals surface area contributed by atoms with Crippen LogP contribution in [0.25, 0.3) is 5.65 Å².